The fourth-order valence-corrected chi connectivity index (χ4v) is 1.17. The Balaban J connectivity index is 3.07. The second kappa shape index (κ2) is 5.29. The molecule has 0 aromatic heterocycles. The minimum Gasteiger partial charge on any atom is -0.429 e. The van der Waals surface area contributed by atoms with Gasteiger partial charge in [-0.25, -0.2) is 0 Å². The van der Waals surface area contributed by atoms with Crippen LogP contribution in [0.2, 0.25) is 0 Å². The Kier molecular flexibility index (Phi) is 4.04. The van der Waals surface area contributed by atoms with Crippen LogP contribution in [-0.4, -0.2) is 29.5 Å². The van der Waals surface area contributed by atoms with Crippen LogP contribution in [0, 0.1) is 0 Å². The molecule has 1 aromatic rings. The van der Waals surface area contributed by atoms with Crippen molar-refractivity contribution in [1.82, 2.24) is 0 Å². The van der Waals surface area contributed by atoms with E-state index in [1.54, 1.807) is 0 Å². The molecule has 0 saturated heterocycles. The maximum absolute atomic E-state index is 10.8. The Morgan fingerprint density at radius 3 is 2.62 bits per heavy atom. The van der Waals surface area contributed by atoms with Crippen LogP contribution in [0.5, 0.6) is 5.75 Å². The Labute approximate surface area is 92.0 Å². The van der Waals surface area contributed by atoms with Crippen LogP contribution in [0.15, 0.2) is 18.2 Å². The van der Waals surface area contributed by atoms with Crippen LogP contribution < -0.4 is 15.5 Å². The highest BCUT2D eigenvalue weighted by molar-refractivity contribution is 6.58. The van der Waals surface area contributed by atoms with E-state index in [1.165, 1.54) is 25.1 Å². The van der Waals surface area contributed by atoms with Crippen LogP contribution in [-0.2, 0) is 9.59 Å². The molecule has 0 radical (unpaired) electrons. The highest BCUT2D eigenvalue weighted by Crippen LogP contribution is 2.15. The molecule has 3 N–H and O–H groups in total. The first-order chi connectivity index (χ1) is 7.52. The van der Waals surface area contributed by atoms with Crippen molar-refractivity contribution in [2.24, 2.45) is 0 Å². The average molecular weight is 223 g/mol. The first kappa shape index (κ1) is 12.2. The molecule has 1 rings (SSSR count). The van der Waals surface area contributed by atoms with Gasteiger partial charge < -0.3 is 20.1 Å². The van der Waals surface area contributed by atoms with E-state index in [9.17, 15) is 9.59 Å². The van der Waals surface area contributed by atoms with Crippen LogP contribution in [0.3, 0.4) is 0 Å². The van der Waals surface area contributed by atoms with E-state index in [0.29, 0.717) is 5.69 Å². The molecule has 0 heterocycles. The standard InChI is InChI=1S/C9H10BNO5/c1-6(13)11-8-2-7(10(14)15)3-9(4-8)16-5-12/h2-5,14-15H,1H3,(H,11,13). The molecule has 0 bridgehead atoms. The summed E-state index contributed by atoms with van der Waals surface area (Å²) >= 11 is 0. The summed E-state index contributed by atoms with van der Waals surface area (Å²) in [5.74, 6) is -0.203. The van der Waals surface area contributed by atoms with Gasteiger partial charge >= 0.3 is 7.12 Å². The fraction of sp³-hybridized carbons (Fsp3) is 0.111. The zero-order valence-corrected chi connectivity index (χ0v) is 8.51. The second-order valence-corrected chi connectivity index (χ2v) is 3.06. The molecule has 7 heteroatoms. The third-order valence-corrected chi connectivity index (χ3v) is 1.73. The van der Waals surface area contributed by atoms with Crippen molar-refractivity contribution in [2.45, 2.75) is 6.92 Å². The number of anilines is 1. The van der Waals surface area contributed by atoms with E-state index in [4.69, 9.17) is 10.0 Å². The molecule has 0 unspecified atom stereocenters. The number of ether oxygens (including phenoxy) is 1. The number of hydrogen-bond donors (Lipinski definition) is 3. The van der Waals surface area contributed by atoms with Gasteiger partial charge in [0.15, 0.2) is 0 Å². The largest absolute Gasteiger partial charge is 0.488 e. The van der Waals surface area contributed by atoms with Gasteiger partial charge in [-0.05, 0) is 17.6 Å². The summed E-state index contributed by atoms with van der Waals surface area (Å²) in [5.41, 5.74) is 0.429. The van der Waals surface area contributed by atoms with Crippen molar-refractivity contribution in [1.29, 1.82) is 0 Å². The lowest BCUT2D eigenvalue weighted by Gasteiger charge is -2.08. The lowest BCUT2D eigenvalue weighted by molar-refractivity contribution is -0.120. The van der Waals surface area contributed by atoms with Gasteiger partial charge in [-0.3, -0.25) is 9.59 Å². The van der Waals surface area contributed by atoms with Crippen molar-refractivity contribution in [2.75, 3.05) is 5.32 Å². The van der Waals surface area contributed by atoms with E-state index in [0.717, 1.165) is 0 Å². The van der Waals surface area contributed by atoms with E-state index in [1.807, 2.05) is 0 Å². The molecule has 0 fully saturated rings. The van der Waals surface area contributed by atoms with Gasteiger partial charge in [0.2, 0.25) is 5.91 Å². The number of carbonyl (C=O) groups excluding carboxylic acids is 2. The second-order valence-electron chi connectivity index (χ2n) is 3.06. The maximum atomic E-state index is 10.8. The predicted molar refractivity (Wildman–Crippen MR) is 57.3 cm³/mol. The van der Waals surface area contributed by atoms with Crippen molar-refractivity contribution < 1.29 is 24.4 Å². The van der Waals surface area contributed by atoms with Gasteiger partial charge in [-0.1, -0.05) is 0 Å². The molecule has 0 aliphatic rings. The number of amides is 1. The van der Waals surface area contributed by atoms with Crippen LogP contribution in [0.4, 0.5) is 5.69 Å². The van der Waals surface area contributed by atoms with Gasteiger partial charge in [0.1, 0.15) is 5.75 Å². The zero-order valence-electron chi connectivity index (χ0n) is 8.51. The van der Waals surface area contributed by atoms with Crippen molar-refractivity contribution in [3.63, 3.8) is 0 Å². The van der Waals surface area contributed by atoms with E-state index < -0.39 is 7.12 Å². The molecule has 0 saturated carbocycles. The SMILES string of the molecule is CC(=O)Nc1cc(OC=O)cc(B(O)O)c1. The van der Waals surface area contributed by atoms with Crippen LogP contribution >= 0.6 is 0 Å². The van der Waals surface area contributed by atoms with E-state index in [-0.39, 0.29) is 23.6 Å². The summed E-state index contributed by atoms with van der Waals surface area (Å²) in [4.78, 5) is 21.0. The molecule has 0 aliphatic heterocycles. The van der Waals surface area contributed by atoms with E-state index in [2.05, 4.69) is 10.1 Å². The lowest BCUT2D eigenvalue weighted by atomic mass is 9.80. The summed E-state index contributed by atoms with van der Waals surface area (Å²) < 4.78 is 4.56. The first-order valence-electron chi connectivity index (χ1n) is 4.42. The highest BCUT2D eigenvalue weighted by Gasteiger charge is 2.14. The van der Waals surface area contributed by atoms with Crippen molar-refractivity contribution in [3.8, 4) is 5.75 Å². The number of nitrogens with one attached hydrogen (secondary N) is 1. The predicted octanol–water partition coefficient (Wildman–Crippen LogP) is -1.14. The molecule has 16 heavy (non-hydrogen) atoms. The van der Waals surface area contributed by atoms with Crippen LogP contribution in [0.1, 0.15) is 6.92 Å². The fourth-order valence-electron chi connectivity index (χ4n) is 1.17. The summed E-state index contributed by atoms with van der Waals surface area (Å²) in [6.07, 6.45) is 0. The number of carbonyl (C=O) groups is 2. The van der Waals surface area contributed by atoms with Crippen molar-refractivity contribution in [3.05, 3.63) is 18.2 Å². The lowest BCUT2D eigenvalue weighted by Crippen LogP contribution is -2.30. The Bertz CT molecular complexity index is 407. The molecule has 84 valence electrons. The summed E-state index contributed by atoms with van der Waals surface area (Å²) in [5, 5.41) is 20.4. The molecule has 6 nitrogen and oxygen atoms in total. The maximum Gasteiger partial charge on any atom is 0.488 e. The molecule has 1 aromatic carbocycles. The molecular weight excluding hydrogens is 213 g/mol. The number of benzene rings is 1. The zero-order chi connectivity index (χ0) is 12.1. The van der Waals surface area contributed by atoms with Crippen LogP contribution in [0.25, 0.3) is 0 Å². The Morgan fingerprint density at radius 2 is 2.12 bits per heavy atom. The summed E-state index contributed by atoms with van der Waals surface area (Å²) in [6, 6.07) is 4.04. The van der Waals surface area contributed by atoms with Gasteiger partial charge in [-0.2, -0.15) is 0 Å². The molecular formula is C9H10BNO5. The highest BCUT2D eigenvalue weighted by atomic mass is 16.5. The first-order valence-corrected chi connectivity index (χ1v) is 4.42. The number of hydrogen-bond acceptors (Lipinski definition) is 5. The topological polar surface area (TPSA) is 95.9 Å². The van der Waals surface area contributed by atoms with E-state index >= 15 is 0 Å². The minimum absolute atomic E-state index is 0.114. The normalized spacial score (nSPS) is 9.44. The quantitative estimate of drug-likeness (QED) is 0.443. The van der Waals surface area contributed by atoms with Gasteiger partial charge in [0, 0.05) is 18.7 Å². The Hall–Kier alpha value is -1.86. The molecule has 0 spiro atoms. The third-order valence-electron chi connectivity index (χ3n) is 1.73. The Morgan fingerprint density at radius 1 is 1.44 bits per heavy atom. The molecule has 0 aliphatic carbocycles. The number of rotatable bonds is 4. The molecule has 1 amide bonds. The molecule has 0 atom stereocenters. The smallest absolute Gasteiger partial charge is 0.429 e. The third kappa shape index (κ3) is 3.37. The van der Waals surface area contributed by atoms with Gasteiger partial charge in [0.05, 0.1) is 0 Å². The summed E-state index contributed by atoms with van der Waals surface area (Å²) in [6.45, 7) is 1.52. The van der Waals surface area contributed by atoms with Gasteiger partial charge in [-0.15, -0.1) is 0 Å². The van der Waals surface area contributed by atoms with Crippen molar-refractivity contribution >= 4 is 30.6 Å². The van der Waals surface area contributed by atoms with Gasteiger partial charge in [0.25, 0.3) is 6.47 Å². The summed E-state index contributed by atoms with van der Waals surface area (Å²) in [7, 11) is -1.71. The average Bonchev–Trinajstić information content (AvgIpc) is 2.16. The minimum atomic E-state index is -1.71. The monoisotopic (exact) mass is 223 g/mol.